The average Bonchev–Trinajstić information content (AvgIpc) is 3.33. The van der Waals surface area contributed by atoms with E-state index in [1.165, 1.54) is 6.07 Å². The van der Waals surface area contributed by atoms with Crippen molar-refractivity contribution in [2.24, 2.45) is 0 Å². The molecule has 32 heavy (non-hydrogen) atoms. The Morgan fingerprint density at radius 2 is 1.94 bits per heavy atom. The van der Waals surface area contributed by atoms with E-state index < -0.39 is 4.92 Å². The number of aromatic nitrogens is 3. The number of pyridine rings is 1. The lowest BCUT2D eigenvalue weighted by Gasteiger charge is -2.23. The SMILES string of the molecule is CCN(Cc1ccc(OC)cc1)c1ccc(-c2nc(-c3cccnc3)no2)cc1[N+](=O)[O-]. The number of hydrogen-bond donors (Lipinski definition) is 0. The third kappa shape index (κ3) is 4.41. The summed E-state index contributed by atoms with van der Waals surface area (Å²) in [4.78, 5) is 21.8. The van der Waals surface area contributed by atoms with Gasteiger partial charge in [0.2, 0.25) is 5.82 Å². The Balaban J connectivity index is 1.64. The fourth-order valence-corrected chi connectivity index (χ4v) is 3.34. The maximum Gasteiger partial charge on any atom is 0.293 e. The van der Waals surface area contributed by atoms with E-state index in [2.05, 4.69) is 15.1 Å². The van der Waals surface area contributed by atoms with Crippen molar-refractivity contribution in [3.63, 3.8) is 0 Å². The van der Waals surface area contributed by atoms with E-state index in [9.17, 15) is 10.1 Å². The number of benzene rings is 2. The van der Waals surface area contributed by atoms with Crippen LogP contribution in [-0.2, 0) is 6.54 Å². The summed E-state index contributed by atoms with van der Waals surface area (Å²) in [5.74, 6) is 1.34. The van der Waals surface area contributed by atoms with Crippen LogP contribution in [0.25, 0.3) is 22.8 Å². The molecule has 0 amide bonds. The Morgan fingerprint density at radius 3 is 2.59 bits per heavy atom. The summed E-state index contributed by atoms with van der Waals surface area (Å²) in [5.41, 5.74) is 2.68. The molecule has 0 bridgehead atoms. The zero-order chi connectivity index (χ0) is 22.5. The summed E-state index contributed by atoms with van der Waals surface area (Å²) in [6.45, 7) is 3.07. The molecule has 0 unspecified atom stereocenters. The van der Waals surface area contributed by atoms with Crippen molar-refractivity contribution in [3.8, 4) is 28.6 Å². The fraction of sp³-hybridized carbons (Fsp3) is 0.174. The molecule has 162 valence electrons. The van der Waals surface area contributed by atoms with Crippen LogP contribution in [0.3, 0.4) is 0 Å². The standard InChI is InChI=1S/C23H21N5O4/c1-3-27(15-16-6-9-19(31-2)10-7-16)20-11-8-17(13-21(20)28(29)30)23-25-22(26-32-23)18-5-4-12-24-14-18/h4-14H,3,15H2,1-2H3. The Hall–Kier alpha value is -4.27. The maximum absolute atomic E-state index is 11.9. The van der Waals surface area contributed by atoms with E-state index >= 15 is 0 Å². The van der Waals surface area contributed by atoms with Gasteiger partial charge in [0.15, 0.2) is 0 Å². The van der Waals surface area contributed by atoms with E-state index in [-0.39, 0.29) is 11.6 Å². The van der Waals surface area contributed by atoms with E-state index in [0.29, 0.717) is 35.7 Å². The van der Waals surface area contributed by atoms with E-state index in [1.54, 1.807) is 37.7 Å². The molecule has 2 aromatic heterocycles. The minimum Gasteiger partial charge on any atom is -0.497 e. The Kier molecular flexibility index (Phi) is 6.07. The molecule has 4 aromatic rings. The summed E-state index contributed by atoms with van der Waals surface area (Å²) in [6.07, 6.45) is 3.27. The molecule has 9 nitrogen and oxygen atoms in total. The quantitative estimate of drug-likeness (QED) is 0.291. The minimum absolute atomic E-state index is 0.0287. The molecule has 0 N–H and O–H groups in total. The second-order valence-electron chi connectivity index (χ2n) is 6.99. The molecular formula is C23H21N5O4. The number of nitrogens with zero attached hydrogens (tertiary/aromatic N) is 5. The summed E-state index contributed by atoms with van der Waals surface area (Å²) >= 11 is 0. The molecule has 0 aliphatic carbocycles. The summed E-state index contributed by atoms with van der Waals surface area (Å²) < 4.78 is 10.5. The average molecular weight is 431 g/mol. The zero-order valence-electron chi connectivity index (χ0n) is 17.6. The van der Waals surface area contributed by atoms with Gasteiger partial charge in [-0.3, -0.25) is 15.1 Å². The molecule has 0 radical (unpaired) electrons. The first-order valence-electron chi connectivity index (χ1n) is 10.00. The summed E-state index contributed by atoms with van der Waals surface area (Å²) in [6, 6.07) is 16.1. The molecule has 9 heteroatoms. The number of ether oxygens (including phenoxy) is 1. The van der Waals surface area contributed by atoms with Crippen LogP contribution in [0.5, 0.6) is 5.75 Å². The molecule has 2 aromatic carbocycles. The van der Waals surface area contributed by atoms with Gasteiger partial charge in [0, 0.05) is 42.7 Å². The van der Waals surface area contributed by atoms with E-state index in [1.807, 2.05) is 42.2 Å². The van der Waals surface area contributed by atoms with Crippen LogP contribution in [0.15, 0.2) is 71.5 Å². The van der Waals surface area contributed by atoms with Crippen LogP contribution >= 0.6 is 0 Å². The molecule has 2 heterocycles. The third-order valence-corrected chi connectivity index (χ3v) is 5.02. The molecule has 0 saturated carbocycles. The topological polar surface area (TPSA) is 107 Å². The van der Waals surface area contributed by atoms with Crippen LogP contribution in [-0.4, -0.2) is 33.7 Å². The first-order valence-corrected chi connectivity index (χ1v) is 10.00. The predicted octanol–water partition coefficient (Wildman–Crippen LogP) is 4.74. The maximum atomic E-state index is 11.9. The molecule has 0 atom stereocenters. The normalized spacial score (nSPS) is 10.7. The molecule has 0 aliphatic heterocycles. The van der Waals surface area contributed by atoms with Crippen molar-refractivity contribution in [2.75, 3.05) is 18.6 Å². The van der Waals surface area contributed by atoms with Crippen molar-refractivity contribution < 1.29 is 14.2 Å². The number of nitro groups is 1. The lowest BCUT2D eigenvalue weighted by molar-refractivity contribution is -0.384. The Morgan fingerprint density at radius 1 is 1.12 bits per heavy atom. The fourth-order valence-electron chi connectivity index (χ4n) is 3.34. The van der Waals surface area contributed by atoms with Crippen LogP contribution in [0, 0.1) is 10.1 Å². The van der Waals surface area contributed by atoms with Crippen LogP contribution < -0.4 is 9.64 Å². The minimum atomic E-state index is -0.395. The zero-order valence-corrected chi connectivity index (χ0v) is 17.6. The van der Waals surface area contributed by atoms with Gasteiger partial charge in [-0.15, -0.1) is 0 Å². The monoisotopic (exact) mass is 431 g/mol. The molecule has 0 fully saturated rings. The van der Waals surface area contributed by atoms with Crippen LogP contribution in [0.2, 0.25) is 0 Å². The van der Waals surface area contributed by atoms with Gasteiger partial charge in [-0.25, -0.2) is 0 Å². The van der Waals surface area contributed by atoms with Gasteiger partial charge in [0.1, 0.15) is 11.4 Å². The van der Waals surface area contributed by atoms with E-state index in [4.69, 9.17) is 9.26 Å². The molecule has 0 spiro atoms. The van der Waals surface area contributed by atoms with Crippen molar-refractivity contribution in [1.82, 2.24) is 15.1 Å². The van der Waals surface area contributed by atoms with Gasteiger partial charge < -0.3 is 14.2 Å². The van der Waals surface area contributed by atoms with Crippen molar-refractivity contribution in [3.05, 3.63) is 82.7 Å². The van der Waals surface area contributed by atoms with Crippen molar-refractivity contribution in [2.45, 2.75) is 13.5 Å². The second-order valence-corrected chi connectivity index (χ2v) is 6.99. The summed E-state index contributed by atoms with van der Waals surface area (Å²) in [5, 5.41) is 15.8. The van der Waals surface area contributed by atoms with Gasteiger partial charge in [-0.1, -0.05) is 17.3 Å². The third-order valence-electron chi connectivity index (χ3n) is 5.02. The molecular weight excluding hydrogens is 410 g/mol. The predicted molar refractivity (Wildman–Crippen MR) is 119 cm³/mol. The van der Waals surface area contributed by atoms with Gasteiger partial charge >= 0.3 is 0 Å². The van der Waals surface area contributed by atoms with Crippen LogP contribution in [0.1, 0.15) is 12.5 Å². The highest BCUT2D eigenvalue weighted by molar-refractivity contribution is 5.71. The highest BCUT2D eigenvalue weighted by Gasteiger charge is 2.22. The highest BCUT2D eigenvalue weighted by Crippen LogP contribution is 2.34. The number of hydrogen-bond acceptors (Lipinski definition) is 8. The first kappa shape index (κ1) is 21.0. The second kappa shape index (κ2) is 9.25. The van der Waals surface area contributed by atoms with Gasteiger partial charge in [0.05, 0.1) is 12.0 Å². The number of nitro benzene ring substituents is 1. The Bertz CT molecular complexity index is 1210. The van der Waals surface area contributed by atoms with Gasteiger partial charge in [0.25, 0.3) is 11.6 Å². The smallest absolute Gasteiger partial charge is 0.293 e. The Labute approximate surface area is 184 Å². The molecule has 0 aliphatic rings. The number of methoxy groups -OCH3 is 1. The first-order chi connectivity index (χ1) is 15.6. The summed E-state index contributed by atoms with van der Waals surface area (Å²) in [7, 11) is 1.61. The van der Waals surface area contributed by atoms with Gasteiger partial charge in [-0.2, -0.15) is 4.98 Å². The van der Waals surface area contributed by atoms with Gasteiger partial charge in [-0.05, 0) is 48.9 Å². The largest absolute Gasteiger partial charge is 0.497 e. The van der Waals surface area contributed by atoms with Crippen LogP contribution in [0.4, 0.5) is 11.4 Å². The molecule has 0 saturated heterocycles. The van der Waals surface area contributed by atoms with Crippen molar-refractivity contribution in [1.29, 1.82) is 0 Å². The lowest BCUT2D eigenvalue weighted by Crippen LogP contribution is -2.23. The highest BCUT2D eigenvalue weighted by atomic mass is 16.6. The van der Waals surface area contributed by atoms with Crippen molar-refractivity contribution >= 4 is 11.4 Å². The van der Waals surface area contributed by atoms with E-state index in [0.717, 1.165) is 11.3 Å². The lowest BCUT2D eigenvalue weighted by atomic mass is 10.1. The number of rotatable bonds is 8. The number of anilines is 1. The molecule has 4 rings (SSSR count).